The van der Waals surface area contributed by atoms with Crippen molar-refractivity contribution in [1.29, 1.82) is 0 Å². The summed E-state index contributed by atoms with van der Waals surface area (Å²) in [7, 11) is 0. The summed E-state index contributed by atoms with van der Waals surface area (Å²) in [6, 6.07) is 7.44. The van der Waals surface area contributed by atoms with Gasteiger partial charge < -0.3 is 10.1 Å². The van der Waals surface area contributed by atoms with Gasteiger partial charge in [-0.1, -0.05) is 18.2 Å². The quantitative estimate of drug-likeness (QED) is 0.800. The maximum atomic E-state index is 13.3. The summed E-state index contributed by atoms with van der Waals surface area (Å²) in [6.45, 7) is 3.20. The van der Waals surface area contributed by atoms with Crippen LogP contribution in [0.5, 0.6) is 0 Å². The molecular weight excluding hydrogens is 205 g/mol. The number of rotatable bonds is 6. The van der Waals surface area contributed by atoms with E-state index in [2.05, 4.69) is 5.32 Å². The molecule has 2 nitrogen and oxygen atoms in total. The van der Waals surface area contributed by atoms with Gasteiger partial charge in [-0.05, 0) is 25.8 Å². The van der Waals surface area contributed by atoms with Crippen molar-refractivity contribution in [3.8, 4) is 0 Å². The molecule has 88 valence electrons. The van der Waals surface area contributed by atoms with Crippen LogP contribution in [0.25, 0.3) is 0 Å². The third-order valence-electron chi connectivity index (χ3n) is 2.75. The fourth-order valence-electron chi connectivity index (χ4n) is 1.53. The number of ether oxygens (including phenoxy) is 1. The molecule has 1 aliphatic rings. The first-order valence-corrected chi connectivity index (χ1v) is 5.84. The zero-order valence-electron chi connectivity index (χ0n) is 9.58. The largest absolute Gasteiger partial charge is 0.372 e. The molecule has 0 saturated heterocycles. The van der Waals surface area contributed by atoms with Crippen molar-refractivity contribution in [1.82, 2.24) is 5.32 Å². The fraction of sp³-hybridized carbons (Fsp3) is 0.538. The van der Waals surface area contributed by atoms with E-state index >= 15 is 0 Å². The molecule has 2 rings (SSSR count). The molecule has 3 heteroatoms. The molecule has 0 heterocycles. The number of halogens is 1. The zero-order chi connectivity index (χ0) is 11.4. The lowest BCUT2D eigenvalue weighted by atomic mass is 10.2. The van der Waals surface area contributed by atoms with Gasteiger partial charge in [-0.15, -0.1) is 0 Å². The lowest BCUT2D eigenvalue weighted by Crippen LogP contribution is -2.28. The summed E-state index contributed by atoms with van der Waals surface area (Å²) in [5.41, 5.74) is 0.626. The van der Waals surface area contributed by atoms with Crippen molar-refractivity contribution in [2.24, 2.45) is 0 Å². The SMILES string of the molecule is CC(CNC1CC1)OCc1ccccc1F. The van der Waals surface area contributed by atoms with Crippen molar-refractivity contribution < 1.29 is 9.13 Å². The standard InChI is InChI=1S/C13H18FNO/c1-10(8-15-12-6-7-12)16-9-11-4-2-3-5-13(11)14/h2-5,10,12,15H,6-9H2,1H3. The summed E-state index contributed by atoms with van der Waals surface area (Å²) < 4.78 is 18.9. The number of nitrogens with one attached hydrogen (secondary N) is 1. The molecular formula is C13H18FNO. The Labute approximate surface area is 95.8 Å². The molecule has 0 amide bonds. The Balaban J connectivity index is 1.71. The average Bonchev–Trinajstić information content (AvgIpc) is 3.09. The van der Waals surface area contributed by atoms with E-state index in [1.54, 1.807) is 12.1 Å². The van der Waals surface area contributed by atoms with Crippen LogP contribution in [0.1, 0.15) is 25.3 Å². The first-order chi connectivity index (χ1) is 7.75. The van der Waals surface area contributed by atoms with Gasteiger partial charge in [0.1, 0.15) is 5.82 Å². The third-order valence-corrected chi connectivity index (χ3v) is 2.75. The van der Waals surface area contributed by atoms with Crippen LogP contribution in [-0.2, 0) is 11.3 Å². The van der Waals surface area contributed by atoms with E-state index in [9.17, 15) is 4.39 Å². The molecule has 0 spiro atoms. The van der Waals surface area contributed by atoms with Gasteiger partial charge in [-0.25, -0.2) is 4.39 Å². The molecule has 0 aromatic heterocycles. The van der Waals surface area contributed by atoms with Crippen LogP contribution in [0.15, 0.2) is 24.3 Å². The molecule has 1 N–H and O–H groups in total. The van der Waals surface area contributed by atoms with E-state index < -0.39 is 0 Å². The minimum Gasteiger partial charge on any atom is -0.372 e. The summed E-state index contributed by atoms with van der Waals surface area (Å²) in [6.07, 6.45) is 2.68. The highest BCUT2D eigenvalue weighted by molar-refractivity contribution is 5.16. The molecule has 0 aliphatic heterocycles. The van der Waals surface area contributed by atoms with Crippen molar-refractivity contribution >= 4 is 0 Å². The summed E-state index contributed by atoms with van der Waals surface area (Å²) >= 11 is 0. The van der Waals surface area contributed by atoms with E-state index in [1.807, 2.05) is 13.0 Å². The van der Waals surface area contributed by atoms with Crippen LogP contribution in [0, 0.1) is 5.82 Å². The van der Waals surface area contributed by atoms with Gasteiger partial charge in [0, 0.05) is 18.2 Å². The van der Waals surface area contributed by atoms with Crippen LogP contribution in [0.2, 0.25) is 0 Å². The Hall–Kier alpha value is -0.930. The molecule has 1 saturated carbocycles. The van der Waals surface area contributed by atoms with Crippen molar-refractivity contribution in [3.05, 3.63) is 35.6 Å². The van der Waals surface area contributed by atoms with E-state index in [-0.39, 0.29) is 11.9 Å². The smallest absolute Gasteiger partial charge is 0.128 e. The fourth-order valence-corrected chi connectivity index (χ4v) is 1.53. The van der Waals surface area contributed by atoms with Crippen LogP contribution in [0.4, 0.5) is 4.39 Å². The van der Waals surface area contributed by atoms with Gasteiger partial charge >= 0.3 is 0 Å². The molecule has 0 bridgehead atoms. The van der Waals surface area contributed by atoms with Gasteiger partial charge in [0.05, 0.1) is 12.7 Å². The molecule has 1 aromatic rings. The highest BCUT2D eigenvalue weighted by Gasteiger charge is 2.20. The number of benzene rings is 1. The summed E-state index contributed by atoms with van der Waals surface area (Å²) in [5.74, 6) is -0.190. The van der Waals surface area contributed by atoms with Gasteiger partial charge in [0.2, 0.25) is 0 Å². The van der Waals surface area contributed by atoms with Crippen LogP contribution in [0.3, 0.4) is 0 Å². The second kappa shape index (κ2) is 5.41. The average molecular weight is 223 g/mol. The Kier molecular flexibility index (Phi) is 3.91. The van der Waals surface area contributed by atoms with E-state index in [0.29, 0.717) is 18.2 Å². The number of hydrogen-bond donors (Lipinski definition) is 1. The first-order valence-electron chi connectivity index (χ1n) is 5.84. The molecule has 1 aliphatic carbocycles. The zero-order valence-corrected chi connectivity index (χ0v) is 9.58. The monoisotopic (exact) mass is 223 g/mol. The van der Waals surface area contributed by atoms with Gasteiger partial charge in [0.25, 0.3) is 0 Å². The molecule has 1 atom stereocenters. The van der Waals surface area contributed by atoms with E-state index in [4.69, 9.17) is 4.74 Å². The Morgan fingerprint density at radius 1 is 1.44 bits per heavy atom. The maximum absolute atomic E-state index is 13.3. The van der Waals surface area contributed by atoms with Crippen LogP contribution in [-0.4, -0.2) is 18.7 Å². The minimum atomic E-state index is -0.190. The van der Waals surface area contributed by atoms with Crippen molar-refractivity contribution in [2.45, 2.75) is 38.5 Å². The Morgan fingerprint density at radius 2 is 2.19 bits per heavy atom. The lowest BCUT2D eigenvalue weighted by molar-refractivity contribution is 0.0513. The van der Waals surface area contributed by atoms with Crippen LogP contribution < -0.4 is 5.32 Å². The topological polar surface area (TPSA) is 21.3 Å². The minimum absolute atomic E-state index is 0.125. The normalized spacial score (nSPS) is 17.4. The highest BCUT2D eigenvalue weighted by atomic mass is 19.1. The maximum Gasteiger partial charge on any atom is 0.128 e. The first kappa shape index (κ1) is 11.6. The van der Waals surface area contributed by atoms with Crippen molar-refractivity contribution in [2.75, 3.05) is 6.54 Å². The predicted octanol–water partition coefficient (Wildman–Crippen LogP) is 2.48. The molecule has 16 heavy (non-hydrogen) atoms. The van der Waals surface area contributed by atoms with Crippen LogP contribution >= 0.6 is 0 Å². The highest BCUT2D eigenvalue weighted by Crippen LogP contribution is 2.18. The van der Waals surface area contributed by atoms with Gasteiger partial charge in [0.15, 0.2) is 0 Å². The predicted molar refractivity (Wildman–Crippen MR) is 61.7 cm³/mol. The van der Waals surface area contributed by atoms with Crippen molar-refractivity contribution in [3.63, 3.8) is 0 Å². The second-order valence-electron chi connectivity index (χ2n) is 4.40. The van der Waals surface area contributed by atoms with Gasteiger partial charge in [-0.2, -0.15) is 0 Å². The van der Waals surface area contributed by atoms with E-state index in [0.717, 1.165) is 6.54 Å². The Bertz CT molecular complexity index is 338. The molecule has 1 fully saturated rings. The lowest BCUT2D eigenvalue weighted by Gasteiger charge is -2.14. The second-order valence-corrected chi connectivity index (χ2v) is 4.40. The molecule has 1 aromatic carbocycles. The third kappa shape index (κ3) is 3.58. The van der Waals surface area contributed by atoms with E-state index in [1.165, 1.54) is 18.9 Å². The summed E-state index contributed by atoms with van der Waals surface area (Å²) in [5, 5.41) is 3.39. The number of hydrogen-bond acceptors (Lipinski definition) is 2. The Morgan fingerprint density at radius 3 is 2.88 bits per heavy atom. The molecule has 0 radical (unpaired) electrons. The molecule has 1 unspecified atom stereocenters. The summed E-state index contributed by atoms with van der Waals surface area (Å²) in [4.78, 5) is 0. The van der Waals surface area contributed by atoms with Gasteiger partial charge in [-0.3, -0.25) is 0 Å².